The van der Waals surface area contributed by atoms with E-state index in [1.165, 1.54) is 18.2 Å². The van der Waals surface area contributed by atoms with Crippen LogP contribution in [0.1, 0.15) is 12.5 Å². The van der Waals surface area contributed by atoms with Crippen LogP contribution in [0.4, 0.5) is 21.9 Å². The van der Waals surface area contributed by atoms with Crippen LogP contribution >= 0.6 is 0 Å². The molecule has 2 aromatic carbocycles. The molecule has 0 saturated carbocycles. The fourth-order valence-corrected chi connectivity index (χ4v) is 3.11. The number of anilines is 3. The second kappa shape index (κ2) is 7.91. The van der Waals surface area contributed by atoms with E-state index >= 15 is 0 Å². The summed E-state index contributed by atoms with van der Waals surface area (Å²) in [5.41, 5.74) is 3.92. The summed E-state index contributed by atoms with van der Waals surface area (Å²) in [5.74, 6) is -0.117. The number of hydrogen-bond acceptors (Lipinski definition) is 3. The standard InChI is InChI=1S/C20H24N4O2/c1-15-5-3-4-6-19(15)23-11-13-24(14-12-23)20(26)22-18-9-7-17(8-10-18)21-16(2)25/h3-10H,11-14H2,1-2H3,(H,21,25)(H,22,26). The van der Waals surface area contributed by atoms with Gasteiger partial charge in [0.15, 0.2) is 0 Å². The van der Waals surface area contributed by atoms with Crippen LogP contribution in [0.3, 0.4) is 0 Å². The minimum atomic E-state index is -0.117. The van der Waals surface area contributed by atoms with Gasteiger partial charge < -0.3 is 20.4 Å². The highest BCUT2D eigenvalue weighted by Gasteiger charge is 2.22. The van der Waals surface area contributed by atoms with E-state index in [1.807, 2.05) is 17.0 Å². The highest BCUT2D eigenvalue weighted by atomic mass is 16.2. The molecule has 0 bridgehead atoms. The Morgan fingerprint density at radius 2 is 1.42 bits per heavy atom. The van der Waals surface area contributed by atoms with Crippen LogP contribution in [-0.2, 0) is 4.79 Å². The van der Waals surface area contributed by atoms with Gasteiger partial charge in [0.05, 0.1) is 0 Å². The lowest BCUT2D eigenvalue weighted by Gasteiger charge is -2.36. The Morgan fingerprint density at radius 1 is 0.846 bits per heavy atom. The van der Waals surface area contributed by atoms with Crippen LogP contribution in [0.15, 0.2) is 48.5 Å². The number of nitrogens with zero attached hydrogens (tertiary/aromatic N) is 2. The molecule has 2 aromatic rings. The van der Waals surface area contributed by atoms with Crippen LogP contribution in [0.5, 0.6) is 0 Å². The number of benzene rings is 2. The maximum absolute atomic E-state index is 12.5. The molecule has 2 N–H and O–H groups in total. The normalized spacial score (nSPS) is 14.1. The lowest BCUT2D eigenvalue weighted by atomic mass is 10.1. The summed E-state index contributed by atoms with van der Waals surface area (Å²) >= 11 is 0. The number of piperazine rings is 1. The van der Waals surface area contributed by atoms with Gasteiger partial charge in [0.25, 0.3) is 0 Å². The van der Waals surface area contributed by atoms with E-state index in [9.17, 15) is 9.59 Å². The molecule has 1 aliphatic heterocycles. The zero-order valence-electron chi connectivity index (χ0n) is 15.2. The van der Waals surface area contributed by atoms with Crippen LogP contribution in [0.2, 0.25) is 0 Å². The molecule has 1 aliphatic rings. The van der Waals surface area contributed by atoms with Gasteiger partial charge in [-0.25, -0.2) is 4.79 Å². The first kappa shape index (κ1) is 17.8. The number of rotatable bonds is 3. The Hall–Kier alpha value is -3.02. The Bertz CT molecular complexity index is 781. The van der Waals surface area contributed by atoms with Gasteiger partial charge in [-0.3, -0.25) is 4.79 Å². The molecule has 0 spiro atoms. The minimum Gasteiger partial charge on any atom is -0.368 e. The number of para-hydroxylation sites is 1. The Labute approximate surface area is 153 Å². The molecular weight excluding hydrogens is 328 g/mol. The zero-order valence-corrected chi connectivity index (χ0v) is 15.2. The van der Waals surface area contributed by atoms with Gasteiger partial charge in [-0.1, -0.05) is 18.2 Å². The first-order valence-corrected chi connectivity index (χ1v) is 8.77. The van der Waals surface area contributed by atoms with E-state index in [1.54, 1.807) is 24.3 Å². The topological polar surface area (TPSA) is 64.7 Å². The molecular formula is C20H24N4O2. The molecule has 3 amide bonds. The van der Waals surface area contributed by atoms with Crippen LogP contribution < -0.4 is 15.5 Å². The summed E-state index contributed by atoms with van der Waals surface area (Å²) in [6, 6.07) is 15.3. The smallest absolute Gasteiger partial charge is 0.321 e. The molecule has 26 heavy (non-hydrogen) atoms. The quantitative estimate of drug-likeness (QED) is 0.891. The van der Waals surface area contributed by atoms with E-state index in [-0.39, 0.29) is 11.9 Å². The van der Waals surface area contributed by atoms with Gasteiger partial charge in [-0.05, 0) is 42.8 Å². The van der Waals surface area contributed by atoms with Crippen molar-refractivity contribution in [3.8, 4) is 0 Å². The second-order valence-corrected chi connectivity index (χ2v) is 6.45. The van der Waals surface area contributed by atoms with Crippen molar-refractivity contribution in [3.63, 3.8) is 0 Å². The Kier molecular flexibility index (Phi) is 5.41. The fraction of sp³-hybridized carbons (Fsp3) is 0.300. The number of urea groups is 1. The van der Waals surface area contributed by atoms with Crippen molar-refractivity contribution in [2.75, 3.05) is 41.7 Å². The molecule has 0 aromatic heterocycles. The number of carbonyl (C=O) groups is 2. The van der Waals surface area contributed by atoms with E-state index in [0.29, 0.717) is 24.5 Å². The molecule has 1 heterocycles. The molecule has 6 nitrogen and oxygen atoms in total. The maximum atomic E-state index is 12.5. The summed E-state index contributed by atoms with van der Waals surface area (Å²) in [4.78, 5) is 27.7. The minimum absolute atomic E-state index is 0.0956. The summed E-state index contributed by atoms with van der Waals surface area (Å²) in [7, 11) is 0. The van der Waals surface area contributed by atoms with Crippen molar-refractivity contribution in [3.05, 3.63) is 54.1 Å². The maximum Gasteiger partial charge on any atom is 0.321 e. The largest absolute Gasteiger partial charge is 0.368 e. The lowest BCUT2D eigenvalue weighted by Crippen LogP contribution is -2.50. The van der Waals surface area contributed by atoms with E-state index in [0.717, 1.165) is 13.1 Å². The molecule has 136 valence electrons. The van der Waals surface area contributed by atoms with Gasteiger partial charge in [0.1, 0.15) is 0 Å². The summed E-state index contributed by atoms with van der Waals surface area (Å²) in [6.45, 7) is 6.58. The lowest BCUT2D eigenvalue weighted by molar-refractivity contribution is -0.114. The third kappa shape index (κ3) is 4.33. The van der Waals surface area contributed by atoms with Crippen LogP contribution in [0.25, 0.3) is 0 Å². The third-order valence-corrected chi connectivity index (χ3v) is 4.48. The fourth-order valence-electron chi connectivity index (χ4n) is 3.11. The van der Waals surface area contributed by atoms with Crippen LogP contribution in [0, 0.1) is 6.92 Å². The zero-order chi connectivity index (χ0) is 18.5. The number of hydrogen-bond donors (Lipinski definition) is 2. The SMILES string of the molecule is CC(=O)Nc1ccc(NC(=O)N2CCN(c3ccccc3C)CC2)cc1. The van der Waals surface area contributed by atoms with Gasteiger partial charge in [-0.2, -0.15) is 0 Å². The van der Waals surface area contributed by atoms with Gasteiger partial charge in [0.2, 0.25) is 5.91 Å². The van der Waals surface area contributed by atoms with E-state index < -0.39 is 0 Å². The summed E-state index contributed by atoms with van der Waals surface area (Å²) < 4.78 is 0. The molecule has 1 saturated heterocycles. The Balaban J connectivity index is 1.54. The van der Waals surface area contributed by atoms with Gasteiger partial charge in [0, 0.05) is 50.2 Å². The summed E-state index contributed by atoms with van der Waals surface area (Å²) in [6.07, 6.45) is 0. The van der Waals surface area contributed by atoms with Crippen molar-refractivity contribution < 1.29 is 9.59 Å². The van der Waals surface area contributed by atoms with E-state index in [4.69, 9.17) is 0 Å². The van der Waals surface area contributed by atoms with E-state index in [2.05, 4.69) is 34.6 Å². The highest BCUT2D eigenvalue weighted by Crippen LogP contribution is 2.21. The molecule has 0 atom stereocenters. The molecule has 0 radical (unpaired) electrons. The van der Waals surface area contributed by atoms with Crippen molar-refractivity contribution in [1.82, 2.24) is 4.90 Å². The highest BCUT2D eigenvalue weighted by molar-refractivity contribution is 5.91. The van der Waals surface area contributed by atoms with Crippen molar-refractivity contribution in [1.29, 1.82) is 0 Å². The predicted molar refractivity (Wildman–Crippen MR) is 105 cm³/mol. The van der Waals surface area contributed by atoms with Crippen LogP contribution in [-0.4, -0.2) is 43.0 Å². The van der Waals surface area contributed by atoms with Gasteiger partial charge in [-0.15, -0.1) is 0 Å². The van der Waals surface area contributed by atoms with Gasteiger partial charge >= 0.3 is 6.03 Å². The van der Waals surface area contributed by atoms with Crippen molar-refractivity contribution >= 4 is 29.0 Å². The monoisotopic (exact) mass is 352 g/mol. The molecule has 6 heteroatoms. The average molecular weight is 352 g/mol. The molecule has 0 unspecified atom stereocenters. The first-order chi connectivity index (χ1) is 12.5. The third-order valence-electron chi connectivity index (χ3n) is 4.48. The predicted octanol–water partition coefficient (Wildman–Crippen LogP) is 3.31. The average Bonchev–Trinajstić information content (AvgIpc) is 2.63. The molecule has 1 fully saturated rings. The second-order valence-electron chi connectivity index (χ2n) is 6.45. The number of carbonyl (C=O) groups excluding carboxylic acids is 2. The first-order valence-electron chi connectivity index (χ1n) is 8.77. The number of aryl methyl sites for hydroxylation is 1. The summed E-state index contributed by atoms with van der Waals surface area (Å²) in [5, 5.41) is 5.62. The Morgan fingerprint density at radius 3 is 2.00 bits per heavy atom. The van der Waals surface area contributed by atoms with Crippen molar-refractivity contribution in [2.45, 2.75) is 13.8 Å². The molecule has 0 aliphatic carbocycles. The number of amides is 3. The number of nitrogens with one attached hydrogen (secondary N) is 2. The molecule has 3 rings (SSSR count). The van der Waals surface area contributed by atoms with Crippen molar-refractivity contribution in [2.24, 2.45) is 0 Å².